The lowest BCUT2D eigenvalue weighted by molar-refractivity contribution is 0.0741. The lowest BCUT2D eigenvalue weighted by Crippen LogP contribution is -2.42. The Bertz CT molecular complexity index is 1640. The van der Waals surface area contributed by atoms with Crippen molar-refractivity contribution >= 4 is 39.3 Å². The first kappa shape index (κ1) is 31.3. The molecule has 0 radical (unpaired) electrons. The van der Waals surface area contributed by atoms with Gasteiger partial charge >= 0.3 is 0 Å². The molecule has 1 amide bonds. The van der Waals surface area contributed by atoms with Gasteiger partial charge in [0.1, 0.15) is 0 Å². The molecule has 0 bridgehead atoms. The van der Waals surface area contributed by atoms with E-state index in [4.69, 9.17) is 11.6 Å². The van der Waals surface area contributed by atoms with Gasteiger partial charge < -0.3 is 4.90 Å². The van der Waals surface area contributed by atoms with E-state index in [0.29, 0.717) is 48.1 Å². The number of carbonyl (C=O) groups excluding carboxylic acids is 1. The monoisotopic (exact) mass is 632 g/mol. The molecule has 0 aromatic heterocycles. The molecule has 1 aliphatic rings. The number of hydrogen-bond donors (Lipinski definition) is 0. The zero-order chi connectivity index (χ0) is 30.4. The van der Waals surface area contributed by atoms with Gasteiger partial charge in [-0.1, -0.05) is 104 Å². The summed E-state index contributed by atoms with van der Waals surface area (Å²) in [6.07, 6.45) is 1.68. The lowest BCUT2D eigenvalue weighted by Gasteiger charge is -2.34. The Kier molecular flexibility index (Phi) is 10.3. The van der Waals surface area contributed by atoms with Gasteiger partial charge in [0.05, 0.1) is 10.5 Å². The average Bonchev–Trinajstić information content (AvgIpc) is 2.99. The standard InChI is InChI=1S/C35H37ClN2O3S2/c1-26-20-27(2)24-38(23-26)43(40,41)32-16-17-34(42-31-15-9-14-30(36)21-31)33(22-32)35(39)37(25-29-12-7-4-8-13-29)19-18-28-10-5-3-6-11-28/h3-17,21-22,26-27H,18-20,23-25H2,1-2H3/t26-,27-/m0/s1. The van der Waals surface area contributed by atoms with Crippen LogP contribution in [0.25, 0.3) is 0 Å². The summed E-state index contributed by atoms with van der Waals surface area (Å²) in [4.78, 5) is 18.0. The Labute approximate surface area is 264 Å². The van der Waals surface area contributed by atoms with Crippen molar-refractivity contribution in [2.24, 2.45) is 11.8 Å². The van der Waals surface area contributed by atoms with Crippen LogP contribution in [0.5, 0.6) is 0 Å². The highest BCUT2D eigenvalue weighted by atomic mass is 35.5. The number of sulfonamides is 1. The van der Waals surface area contributed by atoms with Gasteiger partial charge in [-0.05, 0) is 72.2 Å². The van der Waals surface area contributed by atoms with Crippen molar-refractivity contribution < 1.29 is 13.2 Å². The van der Waals surface area contributed by atoms with Crippen LogP contribution in [0.4, 0.5) is 0 Å². The molecule has 5 nitrogen and oxygen atoms in total. The topological polar surface area (TPSA) is 57.7 Å². The SMILES string of the molecule is C[C@H]1C[C@H](C)CN(S(=O)(=O)c2ccc(Sc3cccc(Cl)c3)c(C(=O)N(CCc3ccccc3)Cc3ccccc3)c2)C1. The molecule has 2 atom stereocenters. The Balaban J connectivity index is 1.54. The van der Waals surface area contributed by atoms with Crippen molar-refractivity contribution in [3.05, 3.63) is 125 Å². The quantitative estimate of drug-likeness (QED) is 0.178. The van der Waals surface area contributed by atoms with Crippen LogP contribution in [0.2, 0.25) is 5.02 Å². The van der Waals surface area contributed by atoms with Gasteiger partial charge in [0.15, 0.2) is 0 Å². The van der Waals surface area contributed by atoms with E-state index in [1.54, 1.807) is 28.6 Å². The first-order valence-corrected chi connectivity index (χ1v) is 17.3. The highest BCUT2D eigenvalue weighted by molar-refractivity contribution is 7.99. The summed E-state index contributed by atoms with van der Waals surface area (Å²) in [5.74, 6) is 0.343. The van der Waals surface area contributed by atoms with Crippen LogP contribution in [0.3, 0.4) is 0 Å². The molecular weight excluding hydrogens is 596 g/mol. The molecule has 4 aromatic rings. The minimum atomic E-state index is -3.79. The van der Waals surface area contributed by atoms with Crippen LogP contribution in [0.1, 0.15) is 41.8 Å². The van der Waals surface area contributed by atoms with Gasteiger partial charge in [-0.15, -0.1) is 0 Å². The second-order valence-corrected chi connectivity index (χ2v) is 14.9. The van der Waals surface area contributed by atoms with Crippen LogP contribution in [-0.2, 0) is 23.0 Å². The van der Waals surface area contributed by atoms with E-state index < -0.39 is 10.0 Å². The molecule has 1 fully saturated rings. The number of rotatable bonds is 10. The molecule has 1 saturated heterocycles. The Morgan fingerprint density at radius 3 is 2.16 bits per heavy atom. The number of piperidine rings is 1. The van der Waals surface area contributed by atoms with Crippen molar-refractivity contribution in [2.75, 3.05) is 19.6 Å². The van der Waals surface area contributed by atoms with E-state index in [-0.39, 0.29) is 22.6 Å². The predicted octanol–water partition coefficient (Wildman–Crippen LogP) is 8.04. The van der Waals surface area contributed by atoms with Gasteiger partial charge in [-0.25, -0.2) is 8.42 Å². The maximum absolute atomic E-state index is 14.5. The summed E-state index contributed by atoms with van der Waals surface area (Å²) in [5, 5.41) is 0.596. The van der Waals surface area contributed by atoms with E-state index in [2.05, 4.69) is 26.0 Å². The van der Waals surface area contributed by atoms with Gasteiger partial charge in [-0.3, -0.25) is 4.79 Å². The molecule has 1 aliphatic heterocycles. The molecule has 0 aliphatic carbocycles. The summed E-state index contributed by atoms with van der Waals surface area (Å²) in [7, 11) is -3.79. The van der Waals surface area contributed by atoms with Crippen LogP contribution in [0.15, 0.2) is 118 Å². The lowest BCUT2D eigenvalue weighted by atomic mass is 9.94. The van der Waals surface area contributed by atoms with Crippen molar-refractivity contribution in [1.29, 1.82) is 0 Å². The Hall–Kier alpha value is -3.10. The maximum atomic E-state index is 14.5. The fraction of sp³-hybridized carbons (Fsp3) is 0.286. The van der Waals surface area contributed by atoms with Crippen molar-refractivity contribution in [1.82, 2.24) is 9.21 Å². The van der Waals surface area contributed by atoms with Crippen molar-refractivity contribution in [2.45, 2.75) is 47.9 Å². The normalized spacial score (nSPS) is 17.5. The van der Waals surface area contributed by atoms with Crippen molar-refractivity contribution in [3.8, 4) is 0 Å². The number of hydrogen-bond acceptors (Lipinski definition) is 4. The van der Waals surface area contributed by atoms with Crippen LogP contribution >= 0.6 is 23.4 Å². The van der Waals surface area contributed by atoms with E-state index in [1.165, 1.54) is 11.8 Å². The molecule has 1 heterocycles. The highest BCUT2D eigenvalue weighted by Crippen LogP contribution is 2.35. The van der Waals surface area contributed by atoms with Gasteiger partial charge in [-0.2, -0.15) is 4.31 Å². The van der Waals surface area contributed by atoms with Crippen LogP contribution < -0.4 is 0 Å². The summed E-state index contributed by atoms with van der Waals surface area (Å²) >= 11 is 7.69. The van der Waals surface area contributed by atoms with Gasteiger partial charge in [0.25, 0.3) is 5.91 Å². The summed E-state index contributed by atoms with van der Waals surface area (Å²) in [6, 6.07) is 32.4. The fourth-order valence-corrected chi connectivity index (χ4v) is 8.61. The maximum Gasteiger partial charge on any atom is 0.255 e. The first-order valence-electron chi connectivity index (χ1n) is 14.6. The van der Waals surface area contributed by atoms with Crippen LogP contribution in [0, 0.1) is 11.8 Å². The predicted molar refractivity (Wildman–Crippen MR) is 175 cm³/mol. The smallest absolute Gasteiger partial charge is 0.255 e. The molecule has 43 heavy (non-hydrogen) atoms. The number of halogens is 1. The van der Waals surface area contributed by atoms with Gasteiger partial charge in [0, 0.05) is 41.0 Å². The summed E-state index contributed by atoms with van der Waals surface area (Å²) in [6.45, 7) is 6.03. The Morgan fingerprint density at radius 1 is 0.860 bits per heavy atom. The second kappa shape index (κ2) is 14.1. The highest BCUT2D eigenvalue weighted by Gasteiger charge is 2.33. The van der Waals surface area contributed by atoms with E-state index in [0.717, 1.165) is 22.4 Å². The number of nitrogens with zero attached hydrogens (tertiary/aromatic N) is 2. The molecular formula is C35H37ClN2O3S2. The zero-order valence-electron chi connectivity index (χ0n) is 24.5. The molecule has 224 valence electrons. The molecule has 0 unspecified atom stereocenters. The first-order chi connectivity index (χ1) is 20.7. The minimum absolute atomic E-state index is 0.148. The number of amides is 1. The van der Waals surface area contributed by atoms with E-state index >= 15 is 0 Å². The number of benzene rings is 4. The molecule has 4 aromatic carbocycles. The third-order valence-electron chi connectivity index (χ3n) is 7.70. The zero-order valence-corrected chi connectivity index (χ0v) is 26.9. The molecule has 5 rings (SSSR count). The average molecular weight is 633 g/mol. The molecule has 0 N–H and O–H groups in total. The second-order valence-electron chi connectivity index (χ2n) is 11.4. The third kappa shape index (κ3) is 8.09. The largest absolute Gasteiger partial charge is 0.334 e. The molecule has 0 spiro atoms. The van der Waals surface area contributed by atoms with E-state index in [1.807, 2.05) is 71.6 Å². The summed E-state index contributed by atoms with van der Waals surface area (Å²) < 4.78 is 29.4. The fourth-order valence-electron chi connectivity index (χ4n) is 5.67. The Morgan fingerprint density at radius 2 is 1.51 bits per heavy atom. The minimum Gasteiger partial charge on any atom is -0.334 e. The van der Waals surface area contributed by atoms with Crippen LogP contribution in [-0.4, -0.2) is 43.2 Å². The molecule has 8 heteroatoms. The van der Waals surface area contributed by atoms with Gasteiger partial charge in [0.2, 0.25) is 10.0 Å². The number of carbonyl (C=O) groups is 1. The third-order valence-corrected chi connectivity index (χ3v) is 10.8. The summed E-state index contributed by atoms with van der Waals surface area (Å²) in [5.41, 5.74) is 2.51. The van der Waals surface area contributed by atoms with Crippen molar-refractivity contribution in [3.63, 3.8) is 0 Å². The molecule has 0 saturated carbocycles. The van der Waals surface area contributed by atoms with E-state index in [9.17, 15) is 13.2 Å².